The number of hydrogen-bond donors (Lipinski definition) is 2. The van der Waals surface area contributed by atoms with Crippen molar-refractivity contribution in [2.75, 3.05) is 7.05 Å². The van der Waals surface area contributed by atoms with Crippen LogP contribution in [-0.4, -0.2) is 29.9 Å². The molecule has 0 aromatic heterocycles. The summed E-state index contributed by atoms with van der Waals surface area (Å²) in [5.74, 6) is -1.77. The Morgan fingerprint density at radius 2 is 1.74 bits per heavy atom. The average Bonchev–Trinajstić information content (AvgIpc) is 2.66. The molecular formula is C18H17N3O6. The highest BCUT2D eigenvalue weighted by Gasteiger charge is 2.28. The SMILES string of the molecule is CNC(=O)NC(=O)[C@@H](OC(=O)c1cccc([N+](=O)[O-])c1C)c1ccccc1. The van der Waals surface area contributed by atoms with Gasteiger partial charge in [0.1, 0.15) is 0 Å². The Bertz CT molecular complexity index is 882. The first-order chi connectivity index (χ1) is 12.8. The monoisotopic (exact) mass is 371 g/mol. The molecular weight excluding hydrogens is 354 g/mol. The second kappa shape index (κ2) is 8.56. The minimum atomic E-state index is -1.41. The summed E-state index contributed by atoms with van der Waals surface area (Å²) in [5.41, 5.74) is 0.176. The summed E-state index contributed by atoms with van der Waals surface area (Å²) in [6.45, 7) is 1.41. The Morgan fingerprint density at radius 1 is 1.07 bits per heavy atom. The molecule has 2 rings (SSSR count). The molecule has 0 radical (unpaired) electrons. The molecule has 0 spiro atoms. The van der Waals surface area contributed by atoms with Gasteiger partial charge in [0.05, 0.1) is 10.5 Å². The third-order valence-electron chi connectivity index (χ3n) is 3.75. The fourth-order valence-electron chi connectivity index (χ4n) is 2.35. The van der Waals surface area contributed by atoms with Gasteiger partial charge < -0.3 is 10.1 Å². The number of esters is 1. The van der Waals surface area contributed by atoms with Gasteiger partial charge in [0, 0.05) is 24.2 Å². The lowest BCUT2D eigenvalue weighted by molar-refractivity contribution is -0.385. The minimum absolute atomic E-state index is 0.0436. The zero-order valence-corrected chi connectivity index (χ0v) is 14.6. The predicted octanol–water partition coefficient (Wildman–Crippen LogP) is 2.26. The quantitative estimate of drug-likeness (QED) is 0.471. The highest BCUT2D eigenvalue weighted by Crippen LogP contribution is 2.25. The second-order valence-electron chi connectivity index (χ2n) is 5.47. The maximum Gasteiger partial charge on any atom is 0.339 e. The Balaban J connectivity index is 2.34. The molecule has 2 aromatic rings. The van der Waals surface area contributed by atoms with Gasteiger partial charge in [-0.25, -0.2) is 9.59 Å². The lowest BCUT2D eigenvalue weighted by atomic mass is 10.1. The fourth-order valence-corrected chi connectivity index (χ4v) is 2.35. The minimum Gasteiger partial charge on any atom is -0.444 e. The van der Waals surface area contributed by atoms with Crippen LogP contribution in [-0.2, 0) is 9.53 Å². The maximum atomic E-state index is 12.6. The number of imide groups is 1. The molecule has 0 aliphatic rings. The van der Waals surface area contributed by atoms with Crippen molar-refractivity contribution in [2.24, 2.45) is 0 Å². The number of nitro benzene ring substituents is 1. The molecule has 0 fully saturated rings. The molecule has 2 N–H and O–H groups in total. The normalized spacial score (nSPS) is 11.2. The Hall–Kier alpha value is -3.75. The molecule has 9 nitrogen and oxygen atoms in total. The summed E-state index contributed by atoms with van der Waals surface area (Å²) < 4.78 is 5.29. The number of nitro groups is 1. The molecule has 3 amide bonds. The van der Waals surface area contributed by atoms with Crippen molar-refractivity contribution in [3.8, 4) is 0 Å². The number of carbonyl (C=O) groups excluding carboxylic acids is 3. The third kappa shape index (κ3) is 4.66. The van der Waals surface area contributed by atoms with Crippen molar-refractivity contribution in [1.29, 1.82) is 0 Å². The van der Waals surface area contributed by atoms with Crippen molar-refractivity contribution in [2.45, 2.75) is 13.0 Å². The Labute approximate surface area is 154 Å². The smallest absolute Gasteiger partial charge is 0.339 e. The standard InChI is InChI=1S/C18H17N3O6/c1-11-13(9-6-10-14(11)21(25)26)17(23)27-15(12-7-4-3-5-8-12)16(22)20-18(24)19-2/h3-10,15H,1-2H3,(H2,19,20,22,24)/t15-/m0/s1. The molecule has 0 heterocycles. The van der Waals surface area contributed by atoms with Crippen molar-refractivity contribution < 1.29 is 24.0 Å². The van der Waals surface area contributed by atoms with E-state index in [4.69, 9.17) is 4.74 Å². The van der Waals surface area contributed by atoms with Crippen LogP contribution in [0.25, 0.3) is 0 Å². The molecule has 0 aliphatic carbocycles. The topological polar surface area (TPSA) is 128 Å². The van der Waals surface area contributed by atoms with E-state index in [2.05, 4.69) is 10.6 Å². The number of nitrogens with zero attached hydrogens (tertiary/aromatic N) is 1. The van der Waals surface area contributed by atoms with Crippen LogP contribution in [0.2, 0.25) is 0 Å². The summed E-state index contributed by atoms with van der Waals surface area (Å²) in [5, 5.41) is 15.3. The molecule has 27 heavy (non-hydrogen) atoms. The van der Waals surface area contributed by atoms with Gasteiger partial charge in [0.25, 0.3) is 11.6 Å². The van der Waals surface area contributed by atoms with Crippen LogP contribution in [0, 0.1) is 17.0 Å². The Kier molecular flexibility index (Phi) is 6.21. The maximum absolute atomic E-state index is 12.6. The van der Waals surface area contributed by atoms with Gasteiger partial charge in [-0.2, -0.15) is 0 Å². The number of urea groups is 1. The van der Waals surface area contributed by atoms with Crippen molar-refractivity contribution in [3.63, 3.8) is 0 Å². The van der Waals surface area contributed by atoms with Crippen LogP contribution in [0.4, 0.5) is 10.5 Å². The van der Waals surface area contributed by atoms with Crippen molar-refractivity contribution in [3.05, 3.63) is 75.3 Å². The average molecular weight is 371 g/mol. The molecule has 1 atom stereocenters. The van der Waals surface area contributed by atoms with Crippen LogP contribution >= 0.6 is 0 Å². The highest BCUT2D eigenvalue weighted by molar-refractivity contribution is 5.99. The summed E-state index contributed by atoms with van der Waals surface area (Å²) in [7, 11) is 1.33. The third-order valence-corrected chi connectivity index (χ3v) is 3.75. The molecule has 9 heteroatoms. The molecule has 0 aliphatic heterocycles. The molecule has 140 valence electrons. The number of benzene rings is 2. The van der Waals surface area contributed by atoms with E-state index in [-0.39, 0.29) is 16.8 Å². The van der Waals surface area contributed by atoms with E-state index in [0.717, 1.165) is 0 Å². The van der Waals surface area contributed by atoms with Crippen LogP contribution in [0.1, 0.15) is 27.6 Å². The lowest BCUT2D eigenvalue weighted by Gasteiger charge is -2.18. The van der Waals surface area contributed by atoms with E-state index in [1.165, 1.54) is 32.2 Å². The van der Waals surface area contributed by atoms with Gasteiger partial charge in [-0.3, -0.25) is 20.2 Å². The fraction of sp³-hybridized carbons (Fsp3) is 0.167. The summed E-state index contributed by atoms with van der Waals surface area (Å²) in [6, 6.07) is 11.3. The molecule has 0 saturated carbocycles. The lowest BCUT2D eigenvalue weighted by Crippen LogP contribution is -2.41. The number of nitrogens with one attached hydrogen (secondary N) is 2. The van der Waals surface area contributed by atoms with Crippen LogP contribution < -0.4 is 10.6 Å². The van der Waals surface area contributed by atoms with E-state index in [1.807, 2.05) is 0 Å². The summed E-state index contributed by atoms with van der Waals surface area (Å²) in [6.07, 6.45) is -1.41. The van der Waals surface area contributed by atoms with Gasteiger partial charge in [-0.1, -0.05) is 36.4 Å². The van der Waals surface area contributed by atoms with Gasteiger partial charge in [0.15, 0.2) is 0 Å². The zero-order valence-electron chi connectivity index (χ0n) is 14.6. The molecule has 0 bridgehead atoms. The zero-order chi connectivity index (χ0) is 20.0. The first-order valence-corrected chi connectivity index (χ1v) is 7.87. The summed E-state index contributed by atoms with van der Waals surface area (Å²) >= 11 is 0. The van der Waals surface area contributed by atoms with Gasteiger partial charge in [-0.15, -0.1) is 0 Å². The van der Waals surface area contributed by atoms with Crippen LogP contribution in [0.15, 0.2) is 48.5 Å². The van der Waals surface area contributed by atoms with Gasteiger partial charge >= 0.3 is 12.0 Å². The first kappa shape index (κ1) is 19.6. The van der Waals surface area contributed by atoms with E-state index in [1.54, 1.807) is 30.3 Å². The molecule has 0 unspecified atom stereocenters. The molecule has 2 aromatic carbocycles. The Morgan fingerprint density at radius 3 is 2.33 bits per heavy atom. The first-order valence-electron chi connectivity index (χ1n) is 7.87. The molecule has 0 saturated heterocycles. The second-order valence-corrected chi connectivity index (χ2v) is 5.47. The largest absolute Gasteiger partial charge is 0.444 e. The summed E-state index contributed by atoms with van der Waals surface area (Å²) in [4.78, 5) is 46.8. The number of ether oxygens (including phenoxy) is 1. The van der Waals surface area contributed by atoms with Gasteiger partial charge in [0.2, 0.25) is 6.10 Å². The number of carbonyl (C=O) groups is 3. The van der Waals surface area contributed by atoms with E-state index in [0.29, 0.717) is 5.56 Å². The number of amides is 3. The van der Waals surface area contributed by atoms with E-state index in [9.17, 15) is 24.5 Å². The highest BCUT2D eigenvalue weighted by atomic mass is 16.6. The van der Waals surface area contributed by atoms with Crippen molar-refractivity contribution in [1.82, 2.24) is 10.6 Å². The van der Waals surface area contributed by atoms with Crippen molar-refractivity contribution >= 4 is 23.6 Å². The number of rotatable bonds is 5. The van der Waals surface area contributed by atoms with E-state index >= 15 is 0 Å². The van der Waals surface area contributed by atoms with Crippen LogP contribution in [0.5, 0.6) is 0 Å². The van der Waals surface area contributed by atoms with Gasteiger partial charge in [-0.05, 0) is 13.0 Å². The van der Waals surface area contributed by atoms with E-state index < -0.39 is 28.9 Å². The number of hydrogen-bond acceptors (Lipinski definition) is 6. The predicted molar refractivity (Wildman–Crippen MR) is 95.0 cm³/mol. The van der Waals surface area contributed by atoms with Crippen LogP contribution in [0.3, 0.4) is 0 Å².